The topological polar surface area (TPSA) is 46.6 Å². The molecule has 0 fully saturated rings. The van der Waals surface area contributed by atoms with E-state index in [9.17, 15) is 8.42 Å². The van der Waals surface area contributed by atoms with Crippen molar-refractivity contribution >= 4 is 10.1 Å². The van der Waals surface area contributed by atoms with Crippen LogP contribution in [-0.4, -0.2) is 19.5 Å². The van der Waals surface area contributed by atoms with Gasteiger partial charge < -0.3 is 0 Å². The van der Waals surface area contributed by atoms with Gasteiger partial charge in [0.1, 0.15) is 6.04 Å². The zero-order valence-corrected chi connectivity index (χ0v) is 12.3. The van der Waals surface area contributed by atoms with Crippen LogP contribution in [0.4, 0.5) is 0 Å². The summed E-state index contributed by atoms with van der Waals surface area (Å²) >= 11 is 0. The number of aryl methyl sites for hydroxylation is 1. The highest BCUT2D eigenvalue weighted by atomic mass is 32.2. The standard InChI is InChI=1S/C16H15NO3S/c1-13-8-10-15(11-9-13)21(18,19)20-17-12-4-6-14-5-2-3-7-16(14)17/h2-12,16H,1H3. The van der Waals surface area contributed by atoms with E-state index >= 15 is 0 Å². The lowest BCUT2D eigenvalue weighted by atomic mass is 10.00. The summed E-state index contributed by atoms with van der Waals surface area (Å²) in [5, 5.41) is 1.35. The summed E-state index contributed by atoms with van der Waals surface area (Å²) in [6, 6.07) is 6.37. The fraction of sp³-hybridized carbons (Fsp3) is 0.125. The second-order valence-electron chi connectivity index (χ2n) is 4.90. The molecule has 4 nitrogen and oxygen atoms in total. The Morgan fingerprint density at radius 2 is 1.86 bits per heavy atom. The number of benzene rings is 1. The van der Waals surface area contributed by atoms with Gasteiger partial charge >= 0.3 is 10.1 Å². The van der Waals surface area contributed by atoms with Crippen molar-refractivity contribution in [3.8, 4) is 0 Å². The summed E-state index contributed by atoms with van der Waals surface area (Å²) < 4.78 is 29.9. The van der Waals surface area contributed by atoms with Crippen LogP contribution in [0.15, 0.2) is 77.4 Å². The summed E-state index contributed by atoms with van der Waals surface area (Å²) in [4.78, 5) is 0.146. The lowest BCUT2D eigenvalue weighted by molar-refractivity contribution is -0.0140. The van der Waals surface area contributed by atoms with Gasteiger partial charge in [0.2, 0.25) is 0 Å². The summed E-state index contributed by atoms with van der Waals surface area (Å²) in [6.07, 6.45) is 12.9. The van der Waals surface area contributed by atoms with Crippen molar-refractivity contribution in [3.05, 3.63) is 78.1 Å². The molecule has 0 radical (unpaired) electrons. The van der Waals surface area contributed by atoms with Crippen LogP contribution in [0.5, 0.6) is 0 Å². The van der Waals surface area contributed by atoms with E-state index in [0.717, 1.165) is 11.1 Å². The maximum absolute atomic E-state index is 12.3. The lowest BCUT2D eigenvalue weighted by Gasteiger charge is -2.30. The molecule has 0 saturated heterocycles. The molecule has 1 aromatic carbocycles. The predicted molar refractivity (Wildman–Crippen MR) is 80.6 cm³/mol. The Hall–Kier alpha value is -2.11. The van der Waals surface area contributed by atoms with Gasteiger partial charge in [-0.3, -0.25) is 0 Å². The van der Waals surface area contributed by atoms with Crippen LogP contribution in [0, 0.1) is 6.92 Å². The first-order valence-corrected chi connectivity index (χ1v) is 8.00. The first-order chi connectivity index (χ1) is 10.1. The van der Waals surface area contributed by atoms with Crippen LogP contribution < -0.4 is 0 Å². The van der Waals surface area contributed by atoms with E-state index in [0.29, 0.717) is 0 Å². The zero-order chi connectivity index (χ0) is 14.9. The molecule has 1 unspecified atom stereocenters. The molecule has 0 saturated carbocycles. The van der Waals surface area contributed by atoms with Crippen LogP contribution >= 0.6 is 0 Å². The molecule has 1 aliphatic heterocycles. The maximum atomic E-state index is 12.3. The number of hydroxylamine groups is 2. The van der Waals surface area contributed by atoms with Crippen molar-refractivity contribution in [2.75, 3.05) is 0 Å². The first-order valence-electron chi connectivity index (χ1n) is 6.59. The Balaban J connectivity index is 1.84. The van der Waals surface area contributed by atoms with Crippen LogP contribution in [0.2, 0.25) is 0 Å². The Labute approximate surface area is 124 Å². The average molecular weight is 301 g/mol. The van der Waals surface area contributed by atoms with Gasteiger partial charge in [0.15, 0.2) is 0 Å². The van der Waals surface area contributed by atoms with E-state index in [1.54, 1.807) is 36.5 Å². The molecule has 0 spiro atoms. The normalized spacial score (nSPS) is 20.3. The van der Waals surface area contributed by atoms with Gasteiger partial charge in [-0.25, -0.2) is 5.06 Å². The van der Waals surface area contributed by atoms with Gasteiger partial charge in [0, 0.05) is 6.20 Å². The molecule has 2 aliphatic rings. The molecule has 0 amide bonds. The van der Waals surface area contributed by atoms with Crippen molar-refractivity contribution in [1.82, 2.24) is 5.06 Å². The van der Waals surface area contributed by atoms with Crippen LogP contribution in [0.25, 0.3) is 0 Å². The molecule has 1 aromatic rings. The van der Waals surface area contributed by atoms with Gasteiger partial charge in [-0.1, -0.05) is 48.1 Å². The average Bonchev–Trinajstić information content (AvgIpc) is 2.48. The summed E-state index contributed by atoms with van der Waals surface area (Å²) in [5.74, 6) is 0. The van der Waals surface area contributed by atoms with Gasteiger partial charge in [0.25, 0.3) is 0 Å². The fourth-order valence-electron chi connectivity index (χ4n) is 2.20. The molecular formula is C16H15NO3S. The number of hydrogen-bond donors (Lipinski definition) is 0. The Kier molecular flexibility index (Phi) is 3.53. The van der Waals surface area contributed by atoms with Crippen LogP contribution in [-0.2, 0) is 14.4 Å². The zero-order valence-electron chi connectivity index (χ0n) is 11.5. The molecule has 0 N–H and O–H groups in total. The number of allylic oxidation sites excluding steroid dienone is 4. The van der Waals surface area contributed by atoms with Crippen molar-refractivity contribution in [2.45, 2.75) is 17.9 Å². The van der Waals surface area contributed by atoms with E-state index in [1.807, 2.05) is 37.3 Å². The number of hydrogen-bond acceptors (Lipinski definition) is 4. The fourth-order valence-corrected chi connectivity index (χ4v) is 3.12. The predicted octanol–water partition coefficient (Wildman–Crippen LogP) is 2.87. The molecule has 0 aromatic heterocycles. The molecule has 1 aliphatic carbocycles. The second kappa shape index (κ2) is 5.35. The summed E-state index contributed by atoms with van der Waals surface area (Å²) in [5.41, 5.74) is 1.98. The largest absolute Gasteiger partial charge is 0.317 e. The SMILES string of the molecule is Cc1ccc(S(=O)(=O)ON2C=CC=C3C=CC=CC32)cc1. The summed E-state index contributed by atoms with van der Waals surface area (Å²) in [6.45, 7) is 1.90. The van der Waals surface area contributed by atoms with E-state index in [-0.39, 0.29) is 10.9 Å². The second-order valence-corrected chi connectivity index (χ2v) is 6.43. The lowest BCUT2D eigenvalue weighted by Crippen LogP contribution is -2.35. The third kappa shape index (κ3) is 2.84. The molecule has 1 heterocycles. The Morgan fingerprint density at radius 1 is 1.10 bits per heavy atom. The third-order valence-electron chi connectivity index (χ3n) is 3.32. The number of nitrogens with zero attached hydrogens (tertiary/aromatic N) is 1. The first kappa shape index (κ1) is 13.9. The van der Waals surface area contributed by atoms with Crippen molar-refractivity contribution in [1.29, 1.82) is 0 Å². The minimum Gasteiger partial charge on any atom is -0.232 e. The van der Waals surface area contributed by atoms with Gasteiger partial charge in [-0.05, 0) is 30.7 Å². The van der Waals surface area contributed by atoms with Crippen molar-refractivity contribution < 1.29 is 12.7 Å². The monoisotopic (exact) mass is 301 g/mol. The quantitative estimate of drug-likeness (QED) is 0.861. The highest BCUT2D eigenvalue weighted by Crippen LogP contribution is 2.25. The molecule has 5 heteroatoms. The number of fused-ring (bicyclic) bond motifs is 1. The minimum absolute atomic E-state index is 0.146. The molecule has 0 bridgehead atoms. The van der Waals surface area contributed by atoms with Gasteiger partial charge in [-0.15, -0.1) is 4.28 Å². The Morgan fingerprint density at radius 3 is 2.62 bits per heavy atom. The smallest absolute Gasteiger partial charge is 0.232 e. The van der Waals surface area contributed by atoms with Crippen LogP contribution in [0.3, 0.4) is 0 Å². The molecule has 1 atom stereocenters. The molecule has 3 rings (SSSR count). The summed E-state index contributed by atoms with van der Waals surface area (Å²) in [7, 11) is -3.84. The molecule has 21 heavy (non-hydrogen) atoms. The van der Waals surface area contributed by atoms with E-state index in [1.165, 1.54) is 5.06 Å². The highest BCUT2D eigenvalue weighted by Gasteiger charge is 2.26. The highest BCUT2D eigenvalue weighted by molar-refractivity contribution is 7.86. The maximum Gasteiger partial charge on any atom is 0.317 e. The van der Waals surface area contributed by atoms with E-state index in [2.05, 4.69) is 0 Å². The Bertz CT molecular complexity index is 755. The van der Waals surface area contributed by atoms with Gasteiger partial charge in [-0.2, -0.15) is 8.42 Å². The number of rotatable bonds is 3. The van der Waals surface area contributed by atoms with Crippen molar-refractivity contribution in [3.63, 3.8) is 0 Å². The molecular weight excluding hydrogens is 286 g/mol. The van der Waals surface area contributed by atoms with E-state index in [4.69, 9.17) is 4.28 Å². The van der Waals surface area contributed by atoms with Gasteiger partial charge in [0.05, 0.1) is 4.90 Å². The van der Waals surface area contributed by atoms with Crippen LogP contribution in [0.1, 0.15) is 5.56 Å². The minimum atomic E-state index is -3.84. The third-order valence-corrected chi connectivity index (χ3v) is 4.54. The molecule has 108 valence electrons. The van der Waals surface area contributed by atoms with Crippen molar-refractivity contribution in [2.24, 2.45) is 0 Å². The van der Waals surface area contributed by atoms with E-state index < -0.39 is 10.1 Å².